The van der Waals surface area contributed by atoms with Crippen LogP contribution in [0.1, 0.15) is 58.8 Å². The van der Waals surface area contributed by atoms with Crippen LogP contribution in [0.4, 0.5) is 32.4 Å². The number of nitrogens with zero attached hydrogens (tertiary/aromatic N) is 8. The van der Waals surface area contributed by atoms with Crippen molar-refractivity contribution in [3.8, 4) is 5.75 Å². The van der Waals surface area contributed by atoms with E-state index in [1.165, 1.54) is 23.2 Å². The smallest absolute Gasteiger partial charge is 0.416 e. The van der Waals surface area contributed by atoms with Gasteiger partial charge < -0.3 is 29.7 Å². The zero-order valence-corrected chi connectivity index (χ0v) is 30.2. The molecule has 1 aromatic carbocycles. The van der Waals surface area contributed by atoms with E-state index in [0.717, 1.165) is 21.5 Å². The fourth-order valence-corrected chi connectivity index (χ4v) is 8.27. The molecule has 0 atom stereocenters. The predicted octanol–water partition coefficient (Wildman–Crippen LogP) is 4.58. The first-order valence-electron chi connectivity index (χ1n) is 17.8. The molecule has 0 radical (unpaired) electrons. The van der Waals surface area contributed by atoms with Gasteiger partial charge in [-0.2, -0.15) is 22.7 Å². The molecule has 294 valence electrons. The van der Waals surface area contributed by atoms with E-state index in [1.807, 2.05) is 0 Å². The topological polar surface area (TPSA) is 158 Å². The maximum atomic E-state index is 14.4. The number of piperidine rings is 1. The maximum Gasteiger partial charge on any atom is 0.416 e. The minimum Gasteiger partial charge on any atom is -0.505 e. The number of pyridine rings is 1. The molecule has 6 heterocycles. The Morgan fingerprint density at radius 2 is 1.73 bits per heavy atom. The van der Waals surface area contributed by atoms with Gasteiger partial charge in [0.15, 0.2) is 11.5 Å². The molecule has 3 aliphatic heterocycles. The lowest BCUT2D eigenvalue weighted by molar-refractivity contribution is -0.137. The summed E-state index contributed by atoms with van der Waals surface area (Å²) in [6, 6.07) is 4.92. The summed E-state index contributed by atoms with van der Waals surface area (Å²) in [5.74, 6) is -4.07. The SMILES string of the molecule is O=C(Cn1c2c(c(=O)n3nc(C4=CCN(C(=O)N5CC(F)(F)C5)CC4)nc13)C1(CC2)CCN(C(=O)c2ncccc2O)CC1)Nc1ccc(C(F)(F)F)cc1Cl. The van der Waals surface area contributed by atoms with Gasteiger partial charge in [0.1, 0.15) is 12.3 Å². The number of carbonyl (C=O) groups is 3. The van der Waals surface area contributed by atoms with Crippen LogP contribution in [0.15, 0.2) is 47.4 Å². The Kier molecular flexibility index (Phi) is 9.04. The number of rotatable bonds is 5. The fourth-order valence-electron chi connectivity index (χ4n) is 8.05. The number of anilines is 1. The van der Waals surface area contributed by atoms with Crippen LogP contribution in [0.25, 0.3) is 11.4 Å². The Bertz CT molecular complexity index is 2380. The summed E-state index contributed by atoms with van der Waals surface area (Å²) < 4.78 is 69.2. The second-order valence-electron chi connectivity index (χ2n) is 14.5. The molecule has 1 spiro atoms. The number of alkyl halides is 5. The number of likely N-dealkylation sites (tertiary alicyclic amines) is 2. The van der Waals surface area contributed by atoms with Crippen molar-refractivity contribution >= 4 is 46.5 Å². The molecule has 4 aliphatic rings. The molecule has 2 N–H and O–H groups in total. The third-order valence-electron chi connectivity index (χ3n) is 11.0. The third kappa shape index (κ3) is 6.60. The van der Waals surface area contributed by atoms with Crippen LogP contribution in [0.2, 0.25) is 5.02 Å². The zero-order valence-electron chi connectivity index (χ0n) is 29.5. The van der Waals surface area contributed by atoms with E-state index in [-0.39, 0.29) is 66.4 Å². The van der Waals surface area contributed by atoms with Crippen LogP contribution in [-0.2, 0) is 29.4 Å². The van der Waals surface area contributed by atoms with Crippen LogP contribution >= 0.6 is 11.6 Å². The molecular weight excluding hydrogens is 769 g/mol. The van der Waals surface area contributed by atoms with Crippen molar-refractivity contribution in [1.82, 2.24) is 38.8 Å². The quantitative estimate of drug-likeness (QED) is 0.278. The van der Waals surface area contributed by atoms with Gasteiger partial charge in [-0.15, -0.1) is 5.10 Å². The molecule has 4 amide bonds. The number of carbonyl (C=O) groups excluding carboxylic acids is 3. The number of benzene rings is 1. The van der Waals surface area contributed by atoms with E-state index in [4.69, 9.17) is 11.6 Å². The van der Waals surface area contributed by atoms with Crippen LogP contribution < -0.4 is 10.9 Å². The van der Waals surface area contributed by atoms with Crippen LogP contribution in [0.3, 0.4) is 0 Å². The van der Waals surface area contributed by atoms with E-state index in [0.29, 0.717) is 48.6 Å². The van der Waals surface area contributed by atoms with Gasteiger partial charge in [-0.3, -0.25) is 14.4 Å². The van der Waals surface area contributed by atoms with Gasteiger partial charge in [-0.1, -0.05) is 17.7 Å². The van der Waals surface area contributed by atoms with E-state index < -0.39 is 66.1 Å². The standard InChI is InChI=1S/C36H33ClF5N9O5/c37-22-16-21(36(40,41)42)3-4-23(22)44-26(53)17-50-24-5-8-34(9-14-47(15-10-34)31(55)28-25(52)2-1-11-43-28)27(24)30(54)51-32(50)45-29(46-51)20-6-12-48(13-7-20)33(56)49-18-35(38,39)19-49/h1-4,6,11,16,52H,5,7-10,12-15,17-19H2,(H,44,53). The van der Waals surface area contributed by atoms with Crippen molar-refractivity contribution < 1.29 is 41.4 Å². The van der Waals surface area contributed by atoms with Crippen molar-refractivity contribution in [1.29, 1.82) is 0 Å². The molecule has 0 bridgehead atoms. The van der Waals surface area contributed by atoms with Crippen molar-refractivity contribution in [3.63, 3.8) is 0 Å². The number of hydrogen-bond acceptors (Lipinski definition) is 8. The molecule has 14 nitrogen and oxygen atoms in total. The summed E-state index contributed by atoms with van der Waals surface area (Å²) in [7, 11) is 0. The van der Waals surface area contributed by atoms with E-state index in [1.54, 1.807) is 15.5 Å². The largest absolute Gasteiger partial charge is 0.505 e. The molecule has 8 rings (SSSR count). The van der Waals surface area contributed by atoms with Crippen LogP contribution in [0, 0.1) is 0 Å². The van der Waals surface area contributed by atoms with Gasteiger partial charge in [-0.05, 0) is 68.0 Å². The van der Waals surface area contributed by atoms with Gasteiger partial charge in [-0.25, -0.2) is 18.6 Å². The van der Waals surface area contributed by atoms with Crippen molar-refractivity contribution in [2.75, 3.05) is 44.6 Å². The first-order chi connectivity index (χ1) is 26.5. The summed E-state index contributed by atoms with van der Waals surface area (Å²) >= 11 is 6.13. The maximum absolute atomic E-state index is 14.4. The number of nitrogens with one attached hydrogen (secondary N) is 1. The number of amides is 4. The third-order valence-corrected chi connectivity index (χ3v) is 11.3. The van der Waals surface area contributed by atoms with Gasteiger partial charge >= 0.3 is 12.2 Å². The second-order valence-corrected chi connectivity index (χ2v) is 14.9. The van der Waals surface area contributed by atoms with Gasteiger partial charge in [0.25, 0.3) is 17.4 Å². The van der Waals surface area contributed by atoms with Gasteiger partial charge in [0.05, 0.1) is 29.4 Å². The molecule has 0 unspecified atom stereocenters. The van der Waals surface area contributed by atoms with Crippen molar-refractivity contribution in [2.24, 2.45) is 0 Å². The number of halogens is 6. The van der Waals surface area contributed by atoms with Crippen LogP contribution in [0.5, 0.6) is 5.75 Å². The molecule has 20 heteroatoms. The van der Waals surface area contributed by atoms with E-state index in [2.05, 4.69) is 20.4 Å². The molecule has 2 saturated heterocycles. The molecule has 3 aromatic heterocycles. The lowest BCUT2D eigenvalue weighted by Gasteiger charge is -2.41. The molecular formula is C36H33ClF5N9O5. The van der Waals surface area contributed by atoms with E-state index in [9.17, 15) is 46.2 Å². The Labute approximate surface area is 319 Å². The minimum atomic E-state index is -4.65. The van der Waals surface area contributed by atoms with Gasteiger partial charge in [0.2, 0.25) is 11.7 Å². The normalized spacial score (nSPS) is 18.8. The number of fused-ring (bicyclic) bond motifs is 3. The Morgan fingerprint density at radius 1 is 0.982 bits per heavy atom. The lowest BCUT2D eigenvalue weighted by atomic mass is 9.74. The Hall–Kier alpha value is -5.59. The summed E-state index contributed by atoms with van der Waals surface area (Å²) in [5.41, 5.74) is -0.753. The first kappa shape index (κ1) is 37.3. The van der Waals surface area contributed by atoms with Crippen molar-refractivity contribution in [2.45, 2.75) is 56.2 Å². The molecule has 1 aliphatic carbocycles. The van der Waals surface area contributed by atoms with E-state index >= 15 is 0 Å². The highest BCUT2D eigenvalue weighted by Crippen LogP contribution is 2.45. The Balaban J connectivity index is 1.11. The summed E-state index contributed by atoms with van der Waals surface area (Å²) in [4.78, 5) is 66.8. The van der Waals surface area contributed by atoms with Crippen LogP contribution in [-0.4, -0.2) is 107 Å². The number of urea groups is 1. The monoisotopic (exact) mass is 801 g/mol. The lowest BCUT2D eigenvalue weighted by Crippen LogP contribution is -2.61. The molecule has 56 heavy (non-hydrogen) atoms. The average Bonchev–Trinajstić information content (AvgIpc) is 3.76. The first-order valence-corrected chi connectivity index (χ1v) is 18.2. The number of aromatic nitrogens is 5. The molecule has 0 saturated carbocycles. The molecule has 2 fully saturated rings. The summed E-state index contributed by atoms with van der Waals surface area (Å²) in [6.45, 7) is -0.927. The highest BCUT2D eigenvalue weighted by Gasteiger charge is 2.48. The highest BCUT2D eigenvalue weighted by atomic mass is 35.5. The summed E-state index contributed by atoms with van der Waals surface area (Å²) in [6.07, 6.45) is 0.341. The van der Waals surface area contributed by atoms with Gasteiger partial charge in [0, 0.05) is 49.0 Å². The zero-order chi connectivity index (χ0) is 39.7. The number of hydrogen-bond donors (Lipinski definition) is 2. The average molecular weight is 802 g/mol. The van der Waals surface area contributed by atoms with Crippen molar-refractivity contribution in [3.05, 3.63) is 86.3 Å². The Morgan fingerprint density at radius 3 is 2.38 bits per heavy atom. The predicted molar refractivity (Wildman–Crippen MR) is 189 cm³/mol. The second kappa shape index (κ2) is 13.6. The minimum absolute atomic E-state index is 0.0370. The number of aromatic hydroxyl groups is 1. The fraction of sp³-hybridized carbons (Fsp3) is 0.417. The highest BCUT2D eigenvalue weighted by molar-refractivity contribution is 6.33. The molecule has 4 aromatic rings. The summed E-state index contributed by atoms with van der Waals surface area (Å²) in [5, 5.41) is 17.0.